The summed E-state index contributed by atoms with van der Waals surface area (Å²) in [6, 6.07) is 12.8. The van der Waals surface area contributed by atoms with Gasteiger partial charge in [-0.3, -0.25) is 14.1 Å². The summed E-state index contributed by atoms with van der Waals surface area (Å²) in [4.78, 5) is 13.4. The van der Waals surface area contributed by atoms with Gasteiger partial charge in [0.25, 0.3) is 5.56 Å². The molecule has 176 valence electrons. The van der Waals surface area contributed by atoms with Crippen molar-refractivity contribution in [2.45, 2.75) is 37.0 Å². The van der Waals surface area contributed by atoms with Crippen molar-refractivity contribution < 1.29 is 17.9 Å². The van der Waals surface area contributed by atoms with E-state index in [1.54, 1.807) is 36.4 Å². The van der Waals surface area contributed by atoms with Crippen LogP contribution in [0.4, 0.5) is 10.2 Å². The zero-order chi connectivity index (χ0) is 23.7. The first kappa shape index (κ1) is 22.3. The van der Waals surface area contributed by atoms with E-state index < -0.39 is 11.0 Å². The van der Waals surface area contributed by atoms with E-state index in [2.05, 4.69) is 9.88 Å². The van der Waals surface area contributed by atoms with Gasteiger partial charge in [0.2, 0.25) is 0 Å². The van der Waals surface area contributed by atoms with E-state index in [-0.39, 0.29) is 11.4 Å². The first-order valence-corrected chi connectivity index (χ1v) is 12.3. The Morgan fingerprint density at radius 3 is 2.74 bits per heavy atom. The van der Waals surface area contributed by atoms with Crippen molar-refractivity contribution >= 4 is 27.7 Å². The third kappa shape index (κ3) is 4.35. The fourth-order valence-corrected chi connectivity index (χ4v) is 5.45. The third-order valence-corrected chi connectivity index (χ3v) is 7.36. The van der Waals surface area contributed by atoms with Crippen molar-refractivity contribution in [2.75, 3.05) is 11.8 Å². The molecule has 0 amide bonds. The Kier molecular flexibility index (Phi) is 6.19. The summed E-state index contributed by atoms with van der Waals surface area (Å²) in [7, 11) is -0.0684. The lowest BCUT2D eigenvalue weighted by molar-refractivity contribution is 0.409. The minimum absolute atomic E-state index is 0.316. The number of nitrogens with one attached hydrogen (secondary N) is 1. The summed E-state index contributed by atoms with van der Waals surface area (Å²) in [5, 5.41) is 4.37. The van der Waals surface area contributed by atoms with Gasteiger partial charge < -0.3 is 9.26 Å². The molecule has 1 N–H and O–H groups in total. The molecule has 2 heterocycles. The predicted octanol–water partition coefficient (Wildman–Crippen LogP) is 4.99. The van der Waals surface area contributed by atoms with Crippen molar-refractivity contribution in [1.29, 1.82) is 0 Å². The number of methoxy groups -OCH3 is 1. The molecule has 0 saturated heterocycles. The van der Waals surface area contributed by atoms with Crippen LogP contribution in [0, 0.1) is 11.7 Å². The first-order valence-electron chi connectivity index (χ1n) is 11.1. The maximum atomic E-state index is 15.2. The number of aromatic nitrogens is 2. The average molecular weight is 482 g/mol. The molecule has 34 heavy (non-hydrogen) atoms. The normalized spacial score (nSPS) is 15.0. The fraction of sp³-hybridized carbons (Fsp3) is 0.280. The summed E-state index contributed by atoms with van der Waals surface area (Å²) in [6.45, 7) is 0. The number of rotatable bonds is 7. The molecule has 0 aliphatic heterocycles. The molecular formula is C25H24FN3O4S. The number of benzene rings is 2. The topological polar surface area (TPSA) is 86.4 Å². The molecule has 4 aromatic rings. The maximum Gasteiger partial charge on any atom is 0.255 e. The van der Waals surface area contributed by atoms with E-state index in [0.29, 0.717) is 51.0 Å². The second kappa shape index (κ2) is 9.42. The number of hydrogen-bond acceptors (Lipinski definition) is 5. The van der Waals surface area contributed by atoms with Gasteiger partial charge in [0, 0.05) is 23.6 Å². The molecule has 1 saturated carbocycles. The van der Waals surface area contributed by atoms with Crippen LogP contribution in [-0.2, 0) is 17.4 Å². The van der Waals surface area contributed by atoms with Gasteiger partial charge in [0.15, 0.2) is 16.8 Å². The van der Waals surface area contributed by atoms with Crippen LogP contribution in [0.15, 0.2) is 69.0 Å². The van der Waals surface area contributed by atoms with E-state index >= 15 is 4.39 Å². The van der Waals surface area contributed by atoms with E-state index in [0.717, 1.165) is 12.8 Å². The molecule has 0 spiro atoms. The molecule has 1 atom stereocenters. The highest BCUT2D eigenvalue weighted by Gasteiger charge is 2.20. The monoisotopic (exact) mass is 481 g/mol. The molecule has 1 fully saturated rings. The summed E-state index contributed by atoms with van der Waals surface area (Å²) in [5.74, 6) is 0.919. The van der Waals surface area contributed by atoms with Crippen LogP contribution in [-0.4, -0.2) is 21.0 Å². The minimum atomic E-state index is -1.59. The van der Waals surface area contributed by atoms with Crippen LogP contribution < -0.4 is 15.0 Å². The number of ether oxygens (including phenoxy) is 1. The van der Waals surface area contributed by atoms with Crippen LogP contribution in [0.1, 0.15) is 31.2 Å². The maximum absolute atomic E-state index is 15.2. The van der Waals surface area contributed by atoms with Crippen molar-refractivity contribution in [3.63, 3.8) is 0 Å². The van der Waals surface area contributed by atoms with Crippen molar-refractivity contribution in [3.05, 3.63) is 76.5 Å². The lowest BCUT2D eigenvalue weighted by atomic mass is 9.97. The van der Waals surface area contributed by atoms with Gasteiger partial charge in [-0.2, -0.15) is 0 Å². The molecule has 7 nitrogen and oxygen atoms in total. The van der Waals surface area contributed by atoms with E-state index in [9.17, 15) is 9.00 Å². The predicted molar refractivity (Wildman–Crippen MR) is 128 cm³/mol. The number of nitrogens with zero attached hydrogens (tertiary/aromatic N) is 2. The second-order valence-electron chi connectivity index (χ2n) is 8.45. The molecule has 0 bridgehead atoms. The summed E-state index contributed by atoms with van der Waals surface area (Å²) in [5.41, 5.74) is 1.18. The highest BCUT2D eigenvalue weighted by molar-refractivity contribution is 7.86. The number of halogens is 1. The second-order valence-corrected chi connectivity index (χ2v) is 9.67. The molecule has 2 aromatic heterocycles. The Balaban J connectivity index is 1.55. The molecule has 1 aliphatic rings. The summed E-state index contributed by atoms with van der Waals surface area (Å²) in [6.07, 6.45) is 6.65. The Morgan fingerprint density at radius 2 is 2.00 bits per heavy atom. The van der Waals surface area contributed by atoms with E-state index in [4.69, 9.17) is 9.26 Å². The molecule has 1 aliphatic carbocycles. The Hall–Kier alpha value is -3.46. The van der Waals surface area contributed by atoms with Crippen molar-refractivity contribution in [3.8, 4) is 11.4 Å². The van der Waals surface area contributed by atoms with Gasteiger partial charge in [-0.05, 0) is 48.2 Å². The van der Waals surface area contributed by atoms with Crippen LogP contribution in [0.25, 0.3) is 16.6 Å². The minimum Gasteiger partial charge on any atom is -0.495 e. The number of anilines is 1. The molecule has 5 rings (SSSR count). The quantitative estimate of drug-likeness (QED) is 0.402. The number of pyridine rings is 1. The third-order valence-electron chi connectivity index (χ3n) is 6.29. The zero-order valence-electron chi connectivity index (χ0n) is 18.6. The zero-order valence-corrected chi connectivity index (χ0v) is 19.4. The van der Waals surface area contributed by atoms with Crippen LogP contribution >= 0.6 is 0 Å². The summed E-state index contributed by atoms with van der Waals surface area (Å²) < 4.78 is 42.3. The molecule has 0 radical (unpaired) electrons. The summed E-state index contributed by atoms with van der Waals surface area (Å²) >= 11 is 0. The van der Waals surface area contributed by atoms with Gasteiger partial charge in [-0.25, -0.2) is 8.60 Å². The van der Waals surface area contributed by atoms with Crippen LogP contribution in [0.5, 0.6) is 5.75 Å². The number of fused-ring (bicyclic) bond motifs is 1. The van der Waals surface area contributed by atoms with Crippen LogP contribution in [0.3, 0.4) is 0 Å². The highest BCUT2D eigenvalue weighted by Crippen LogP contribution is 2.33. The first-order chi connectivity index (χ1) is 16.5. The van der Waals surface area contributed by atoms with Crippen molar-refractivity contribution in [1.82, 2.24) is 9.72 Å². The van der Waals surface area contributed by atoms with Gasteiger partial charge in [-0.15, -0.1) is 0 Å². The average Bonchev–Trinajstić information content (AvgIpc) is 3.54. The van der Waals surface area contributed by atoms with E-state index in [1.165, 1.54) is 42.9 Å². The van der Waals surface area contributed by atoms with Crippen LogP contribution in [0.2, 0.25) is 0 Å². The standard InChI is InChI=1S/C25H24FN3O4S/c1-32-23-14-18(12-16-4-2-3-5-16)20(26)15-22(23)29-21-8-7-19(13-17(21)6-9-25(29)30)34(31)28-24-10-11-33-27-24/h6-11,13-16H,2-5,12H2,1H3,(H,27,28). The lowest BCUT2D eigenvalue weighted by Gasteiger charge is -2.17. The lowest BCUT2D eigenvalue weighted by Crippen LogP contribution is -2.19. The van der Waals surface area contributed by atoms with E-state index in [1.807, 2.05) is 0 Å². The Bertz CT molecular complexity index is 1410. The highest BCUT2D eigenvalue weighted by atomic mass is 32.2. The molecule has 2 aromatic carbocycles. The van der Waals surface area contributed by atoms with Gasteiger partial charge in [0.05, 0.1) is 23.2 Å². The van der Waals surface area contributed by atoms with Gasteiger partial charge in [-0.1, -0.05) is 30.8 Å². The largest absolute Gasteiger partial charge is 0.495 e. The molecule has 1 unspecified atom stereocenters. The van der Waals surface area contributed by atoms with Gasteiger partial charge in [0.1, 0.15) is 17.8 Å². The Morgan fingerprint density at radius 1 is 1.18 bits per heavy atom. The smallest absolute Gasteiger partial charge is 0.255 e. The van der Waals surface area contributed by atoms with Crippen molar-refractivity contribution in [2.24, 2.45) is 5.92 Å². The molecular weight excluding hydrogens is 457 g/mol. The SMILES string of the molecule is COc1cc(CC2CCCC2)c(F)cc1-n1c(=O)ccc2cc(S(=O)Nc3ccon3)ccc21. The Labute approximate surface area is 198 Å². The molecule has 9 heteroatoms. The van der Waals surface area contributed by atoms with Gasteiger partial charge >= 0.3 is 0 Å². The fourth-order valence-electron chi connectivity index (χ4n) is 4.61. The number of hydrogen-bond donors (Lipinski definition) is 1.